The molecule has 2 saturated heterocycles. The van der Waals surface area contributed by atoms with E-state index in [4.69, 9.17) is 25.4 Å². The van der Waals surface area contributed by atoms with Crippen LogP contribution in [0.3, 0.4) is 0 Å². The average molecular weight is 515 g/mol. The number of rotatable bonds is 4. The third kappa shape index (κ3) is 5.25. The molecule has 2 fully saturated rings. The van der Waals surface area contributed by atoms with Crippen molar-refractivity contribution in [2.45, 2.75) is 55.9 Å². The molecule has 0 aromatic carbocycles. The third-order valence-electron chi connectivity index (χ3n) is 5.95. The van der Waals surface area contributed by atoms with E-state index in [1.807, 2.05) is 0 Å². The number of nitrogens with two attached hydrogens (primary N) is 1. The molecule has 16 nitrogen and oxygen atoms in total. The topological polar surface area (TPSA) is 256 Å². The summed E-state index contributed by atoms with van der Waals surface area (Å²) in [6, 6.07) is 0. The monoisotopic (exact) mass is 515 g/mol. The standard InChI is InChI=1S/C10H15N3O5.C10H14N2O6/c1-4-2-13(10(17)12-8(4)11)9-7(16)6(15)5(3-14)18-9;1-12-2-4(9(16)11-10(12)17)8-7(15)6(14)5(3-13)18-8/h2,5-7,9,14-16H,3H2,1H3,(H2,11,12,17);2,5-8,13-15H,3H2,1H3,(H,11,16,17)/t5-,6-,7-,9-;5-,6-,7-,8+/m11/s1. The number of nitrogen functional groups attached to an aromatic ring is 1. The lowest BCUT2D eigenvalue weighted by Crippen LogP contribution is -2.36. The zero-order valence-corrected chi connectivity index (χ0v) is 19.3. The number of H-pyrrole nitrogens is 1. The number of aliphatic hydroxyl groups excluding tert-OH is 6. The minimum Gasteiger partial charge on any atom is -0.394 e. The number of anilines is 1. The second-order valence-corrected chi connectivity index (χ2v) is 8.44. The highest BCUT2D eigenvalue weighted by Gasteiger charge is 2.45. The Kier molecular flexibility index (Phi) is 8.42. The van der Waals surface area contributed by atoms with Crippen molar-refractivity contribution in [2.75, 3.05) is 18.9 Å². The highest BCUT2D eigenvalue weighted by molar-refractivity contribution is 5.35. The van der Waals surface area contributed by atoms with Gasteiger partial charge in [-0.1, -0.05) is 0 Å². The lowest BCUT2D eigenvalue weighted by Gasteiger charge is -2.17. The smallest absolute Gasteiger partial charge is 0.351 e. The number of aliphatic hydroxyl groups is 6. The molecule has 0 bridgehead atoms. The zero-order valence-electron chi connectivity index (χ0n) is 19.3. The Balaban J connectivity index is 0.000000201. The van der Waals surface area contributed by atoms with E-state index in [9.17, 15) is 34.8 Å². The summed E-state index contributed by atoms with van der Waals surface area (Å²) >= 11 is 0. The number of nitrogens with one attached hydrogen (secondary N) is 1. The van der Waals surface area contributed by atoms with Gasteiger partial charge < -0.3 is 50.4 Å². The molecule has 4 heterocycles. The summed E-state index contributed by atoms with van der Waals surface area (Å²) in [6.45, 7) is 0.725. The van der Waals surface area contributed by atoms with Gasteiger partial charge in [0.15, 0.2) is 6.23 Å². The van der Waals surface area contributed by atoms with E-state index in [2.05, 4.69) is 9.97 Å². The van der Waals surface area contributed by atoms with Crippen LogP contribution >= 0.6 is 0 Å². The van der Waals surface area contributed by atoms with Gasteiger partial charge in [-0.25, -0.2) is 9.59 Å². The van der Waals surface area contributed by atoms with E-state index in [1.54, 1.807) is 6.92 Å². The number of nitrogens with zero attached hydrogens (tertiary/aromatic N) is 3. The summed E-state index contributed by atoms with van der Waals surface area (Å²) in [5.74, 6) is 0.1000. The van der Waals surface area contributed by atoms with Crippen LogP contribution in [0, 0.1) is 6.92 Å². The lowest BCUT2D eigenvalue weighted by molar-refractivity contribution is -0.0550. The second-order valence-electron chi connectivity index (χ2n) is 8.44. The van der Waals surface area contributed by atoms with Gasteiger partial charge in [0.25, 0.3) is 5.56 Å². The molecule has 8 atom stereocenters. The highest BCUT2D eigenvalue weighted by Crippen LogP contribution is 2.31. The summed E-state index contributed by atoms with van der Waals surface area (Å²) in [4.78, 5) is 40.1. The van der Waals surface area contributed by atoms with Gasteiger partial charge in [-0.3, -0.25) is 14.3 Å². The van der Waals surface area contributed by atoms with Crippen molar-refractivity contribution in [3.8, 4) is 0 Å². The third-order valence-corrected chi connectivity index (χ3v) is 5.95. The summed E-state index contributed by atoms with van der Waals surface area (Å²) in [5, 5.41) is 56.7. The predicted molar refractivity (Wildman–Crippen MR) is 120 cm³/mol. The molecular formula is C20H29N5O11. The van der Waals surface area contributed by atoms with Crippen LogP contribution in [0.2, 0.25) is 0 Å². The molecule has 2 aliphatic rings. The number of hydrogen-bond acceptors (Lipinski definition) is 13. The Labute approximate surface area is 202 Å². The number of ether oxygens (including phenoxy) is 2. The summed E-state index contributed by atoms with van der Waals surface area (Å²) in [6.07, 6.45) is -6.61. The summed E-state index contributed by atoms with van der Waals surface area (Å²) in [5.41, 5.74) is 4.10. The van der Waals surface area contributed by atoms with E-state index in [0.29, 0.717) is 5.56 Å². The SMILES string of the molecule is Cc1cn([C@@H]2O[C@H](CO)[C@@H](O)[C@H]2O)c(=O)nc1N.Cn1cc([C@@H]2O[C@H](CO)[C@@H](O)[C@H]2O)c(=O)[nH]c1=O. The van der Waals surface area contributed by atoms with Gasteiger partial charge in [0.1, 0.15) is 48.5 Å². The van der Waals surface area contributed by atoms with E-state index in [0.717, 1.165) is 9.13 Å². The first-order valence-corrected chi connectivity index (χ1v) is 10.8. The van der Waals surface area contributed by atoms with Crippen LogP contribution in [0.25, 0.3) is 0 Å². The van der Waals surface area contributed by atoms with Crippen molar-refractivity contribution in [1.29, 1.82) is 0 Å². The number of aryl methyl sites for hydroxylation is 2. The first-order valence-electron chi connectivity index (χ1n) is 10.8. The maximum atomic E-state index is 11.7. The van der Waals surface area contributed by atoms with E-state index >= 15 is 0 Å². The fourth-order valence-corrected chi connectivity index (χ4v) is 3.81. The largest absolute Gasteiger partial charge is 0.394 e. The average Bonchev–Trinajstić information content (AvgIpc) is 3.29. The Morgan fingerprint density at radius 1 is 0.972 bits per heavy atom. The van der Waals surface area contributed by atoms with Gasteiger partial charge in [0.2, 0.25) is 0 Å². The number of hydrogen-bond donors (Lipinski definition) is 8. The van der Waals surface area contributed by atoms with Crippen LogP contribution in [-0.4, -0.2) is 99.6 Å². The quantitative estimate of drug-likeness (QED) is 0.190. The van der Waals surface area contributed by atoms with Crippen LogP contribution in [0.5, 0.6) is 0 Å². The minimum atomic E-state index is -1.33. The first kappa shape index (κ1) is 27.6. The van der Waals surface area contributed by atoms with Crippen LogP contribution in [-0.2, 0) is 16.5 Å². The van der Waals surface area contributed by atoms with Gasteiger partial charge in [-0.05, 0) is 6.92 Å². The van der Waals surface area contributed by atoms with Crippen molar-refractivity contribution < 1.29 is 40.1 Å². The minimum absolute atomic E-state index is 0.0274. The Hall–Kier alpha value is -2.96. The van der Waals surface area contributed by atoms with E-state index < -0.39 is 79.1 Å². The molecule has 2 aromatic heterocycles. The fraction of sp³-hybridized carbons (Fsp3) is 0.600. The highest BCUT2D eigenvalue weighted by atomic mass is 16.6. The molecule has 0 unspecified atom stereocenters. The molecule has 0 spiro atoms. The molecule has 9 N–H and O–H groups in total. The number of aromatic nitrogens is 4. The normalized spacial score (nSPS) is 31.8. The Bertz CT molecular complexity index is 1240. The molecule has 200 valence electrons. The van der Waals surface area contributed by atoms with Crippen molar-refractivity contribution >= 4 is 5.82 Å². The molecule has 16 heteroatoms. The first-order chi connectivity index (χ1) is 16.9. The van der Waals surface area contributed by atoms with E-state index in [1.165, 1.54) is 19.4 Å². The molecule has 2 aliphatic heterocycles. The van der Waals surface area contributed by atoms with Crippen molar-refractivity contribution in [3.63, 3.8) is 0 Å². The molecule has 4 rings (SSSR count). The molecular weight excluding hydrogens is 486 g/mol. The molecule has 0 amide bonds. The van der Waals surface area contributed by atoms with Crippen molar-refractivity contribution in [2.24, 2.45) is 7.05 Å². The second kappa shape index (κ2) is 11.0. The summed E-state index contributed by atoms with van der Waals surface area (Å²) in [7, 11) is 1.43. The maximum absolute atomic E-state index is 11.7. The predicted octanol–water partition coefficient (Wildman–Crippen LogP) is -5.03. The van der Waals surface area contributed by atoms with Crippen molar-refractivity contribution in [1.82, 2.24) is 19.1 Å². The van der Waals surface area contributed by atoms with Gasteiger partial charge in [0, 0.05) is 25.0 Å². The summed E-state index contributed by atoms with van der Waals surface area (Å²) < 4.78 is 12.6. The molecule has 36 heavy (non-hydrogen) atoms. The van der Waals surface area contributed by atoms with Crippen LogP contribution < -0.4 is 22.7 Å². The molecule has 0 saturated carbocycles. The van der Waals surface area contributed by atoms with Gasteiger partial charge in [-0.2, -0.15) is 4.98 Å². The Morgan fingerprint density at radius 2 is 1.56 bits per heavy atom. The number of aromatic amines is 1. The van der Waals surface area contributed by atoms with Crippen LogP contribution in [0.4, 0.5) is 5.82 Å². The molecule has 0 radical (unpaired) electrons. The zero-order chi connectivity index (χ0) is 26.9. The lowest BCUT2D eigenvalue weighted by atomic mass is 10.0. The molecule has 0 aliphatic carbocycles. The Morgan fingerprint density at radius 3 is 2.11 bits per heavy atom. The fourth-order valence-electron chi connectivity index (χ4n) is 3.81. The van der Waals surface area contributed by atoms with E-state index in [-0.39, 0.29) is 11.4 Å². The van der Waals surface area contributed by atoms with Gasteiger partial charge >= 0.3 is 11.4 Å². The van der Waals surface area contributed by atoms with Gasteiger partial charge in [0.05, 0.1) is 18.8 Å². The van der Waals surface area contributed by atoms with Crippen molar-refractivity contribution in [3.05, 3.63) is 54.8 Å². The van der Waals surface area contributed by atoms with Gasteiger partial charge in [-0.15, -0.1) is 0 Å². The maximum Gasteiger partial charge on any atom is 0.351 e. The van der Waals surface area contributed by atoms with Crippen LogP contribution in [0.15, 0.2) is 26.8 Å². The molecule has 2 aromatic rings. The van der Waals surface area contributed by atoms with Crippen LogP contribution in [0.1, 0.15) is 23.5 Å².